The van der Waals surface area contributed by atoms with Crippen molar-refractivity contribution in [2.24, 2.45) is 11.8 Å². The molecule has 0 aromatic heterocycles. The lowest BCUT2D eigenvalue weighted by molar-refractivity contribution is -0.140. The number of ether oxygens (including phenoxy) is 1. The maximum absolute atomic E-state index is 10.8. The molecule has 0 bridgehead atoms. The Kier molecular flexibility index (Phi) is 3.69. The van der Waals surface area contributed by atoms with E-state index in [0.29, 0.717) is 12.5 Å². The van der Waals surface area contributed by atoms with Crippen molar-refractivity contribution in [3.63, 3.8) is 0 Å². The van der Waals surface area contributed by atoms with Gasteiger partial charge >= 0.3 is 5.97 Å². The van der Waals surface area contributed by atoms with Gasteiger partial charge in [-0.05, 0) is 24.8 Å². The van der Waals surface area contributed by atoms with Crippen LogP contribution in [0.3, 0.4) is 0 Å². The van der Waals surface area contributed by atoms with Gasteiger partial charge in [0.15, 0.2) is 0 Å². The summed E-state index contributed by atoms with van der Waals surface area (Å²) in [6.45, 7) is 3.48. The summed E-state index contributed by atoms with van der Waals surface area (Å²) in [5.41, 5.74) is 0. The summed E-state index contributed by atoms with van der Waals surface area (Å²) in [7, 11) is 1.65. The van der Waals surface area contributed by atoms with E-state index < -0.39 is 5.97 Å². The largest absolute Gasteiger partial charge is 0.480 e. The van der Waals surface area contributed by atoms with Crippen LogP contribution in [0.2, 0.25) is 0 Å². The molecule has 0 amide bonds. The lowest BCUT2D eigenvalue weighted by Gasteiger charge is -2.21. The van der Waals surface area contributed by atoms with Gasteiger partial charge in [-0.15, -0.1) is 0 Å². The number of methoxy groups -OCH3 is 1. The van der Waals surface area contributed by atoms with E-state index in [-0.39, 0.29) is 12.0 Å². The molecule has 0 saturated carbocycles. The highest BCUT2D eigenvalue weighted by Crippen LogP contribution is 2.24. The van der Waals surface area contributed by atoms with Gasteiger partial charge in [-0.25, -0.2) is 0 Å². The highest BCUT2D eigenvalue weighted by molar-refractivity contribution is 5.74. The molecule has 13 heavy (non-hydrogen) atoms. The summed E-state index contributed by atoms with van der Waals surface area (Å²) in [6, 6.07) is -0.384. The predicted molar refractivity (Wildman–Crippen MR) is 48.6 cm³/mol. The zero-order chi connectivity index (χ0) is 9.84. The molecule has 76 valence electrons. The Hall–Kier alpha value is -0.610. The molecule has 0 spiro atoms. The number of nitrogens with one attached hydrogen (secondary N) is 1. The molecular formula is C9H17NO3. The number of rotatable bonds is 4. The fraction of sp³-hybridized carbons (Fsp3) is 0.889. The second-order valence-electron chi connectivity index (χ2n) is 3.66. The lowest BCUT2D eigenvalue weighted by atomic mass is 9.88. The minimum Gasteiger partial charge on any atom is -0.480 e. The number of hydrogen-bond donors (Lipinski definition) is 2. The molecule has 3 unspecified atom stereocenters. The highest BCUT2D eigenvalue weighted by Gasteiger charge is 2.35. The van der Waals surface area contributed by atoms with Crippen LogP contribution in [0.1, 0.15) is 13.3 Å². The van der Waals surface area contributed by atoms with Crippen LogP contribution < -0.4 is 5.32 Å². The minimum atomic E-state index is -0.745. The van der Waals surface area contributed by atoms with E-state index in [1.165, 1.54) is 0 Å². The van der Waals surface area contributed by atoms with Crippen molar-refractivity contribution in [1.29, 1.82) is 0 Å². The maximum atomic E-state index is 10.8. The summed E-state index contributed by atoms with van der Waals surface area (Å²) >= 11 is 0. The van der Waals surface area contributed by atoms with Gasteiger partial charge in [0.25, 0.3) is 0 Å². The smallest absolute Gasteiger partial charge is 0.320 e. The summed E-state index contributed by atoms with van der Waals surface area (Å²) in [5.74, 6) is -0.232. The molecule has 0 radical (unpaired) electrons. The first-order valence-electron chi connectivity index (χ1n) is 4.62. The van der Waals surface area contributed by atoms with Crippen LogP contribution in [0.15, 0.2) is 0 Å². The Morgan fingerprint density at radius 2 is 2.46 bits per heavy atom. The highest BCUT2D eigenvalue weighted by atomic mass is 16.5. The summed E-state index contributed by atoms with van der Waals surface area (Å²) < 4.78 is 5.02. The molecule has 1 fully saturated rings. The Bertz CT molecular complexity index is 184. The SMILES string of the molecule is COCC(C)C1CCNC1C(=O)O. The molecule has 0 aromatic rings. The molecule has 0 aromatic carbocycles. The van der Waals surface area contributed by atoms with Gasteiger partial charge in [0.05, 0.1) is 0 Å². The normalized spacial score (nSPS) is 30.3. The molecule has 1 aliphatic heterocycles. The van der Waals surface area contributed by atoms with Crippen LogP contribution in [0.25, 0.3) is 0 Å². The number of carboxylic acid groups (broad SMARTS) is 1. The quantitative estimate of drug-likeness (QED) is 0.666. The predicted octanol–water partition coefficient (Wildman–Crippen LogP) is 0.332. The van der Waals surface area contributed by atoms with Crippen LogP contribution in [0.4, 0.5) is 0 Å². The average Bonchev–Trinajstić information content (AvgIpc) is 2.52. The van der Waals surface area contributed by atoms with Crippen LogP contribution in [0, 0.1) is 11.8 Å². The van der Waals surface area contributed by atoms with Crippen molar-refractivity contribution in [3.8, 4) is 0 Å². The van der Waals surface area contributed by atoms with Crippen molar-refractivity contribution in [1.82, 2.24) is 5.32 Å². The van der Waals surface area contributed by atoms with E-state index in [1.54, 1.807) is 7.11 Å². The summed E-state index contributed by atoms with van der Waals surface area (Å²) in [4.78, 5) is 10.8. The third-order valence-corrected chi connectivity index (χ3v) is 2.70. The molecule has 2 N–H and O–H groups in total. The first-order valence-corrected chi connectivity index (χ1v) is 4.62. The fourth-order valence-corrected chi connectivity index (χ4v) is 1.99. The monoisotopic (exact) mass is 187 g/mol. The van der Waals surface area contributed by atoms with Gasteiger partial charge in [0, 0.05) is 13.7 Å². The number of carbonyl (C=O) groups is 1. The van der Waals surface area contributed by atoms with Gasteiger partial charge < -0.3 is 15.2 Å². The molecular weight excluding hydrogens is 170 g/mol. The molecule has 4 heteroatoms. The molecule has 4 nitrogen and oxygen atoms in total. The van der Waals surface area contributed by atoms with Gasteiger partial charge in [-0.1, -0.05) is 6.92 Å². The zero-order valence-corrected chi connectivity index (χ0v) is 8.12. The van der Waals surface area contributed by atoms with Crippen LogP contribution in [-0.2, 0) is 9.53 Å². The van der Waals surface area contributed by atoms with E-state index in [9.17, 15) is 4.79 Å². The van der Waals surface area contributed by atoms with Crippen molar-refractivity contribution in [2.75, 3.05) is 20.3 Å². The summed E-state index contributed by atoms with van der Waals surface area (Å²) in [6.07, 6.45) is 0.932. The van der Waals surface area contributed by atoms with E-state index in [0.717, 1.165) is 13.0 Å². The Morgan fingerprint density at radius 3 is 3.00 bits per heavy atom. The topological polar surface area (TPSA) is 58.6 Å². The number of hydrogen-bond acceptors (Lipinski definition) is 3. The summed E-state index contributed by atoms with van der Waals surface area (Å²) in [5, 5.41) is 11.9. The van der Waals surface area contributed by atoms with E-state index in [4.69, 9.17) is 9.84 Å². The van der Waals surface area contributed by atoms with Crippen LogP contribution in [0.5, 0.6) is 0 Å². The van der Waals surface area contributed by atoms with E-state index in [1.807, 2.05) is 6.92 Å². The van der Waals surface area contributed by atoms with Gasteiger partial charge in [0.2, 0.25) is 0 Å². The lowest BCUT2D eigenvalue weighted by Crippen LogP contribution is -2.38. The van der Waals surface area contributed by atoms with Gasteiger partial charge in [-0.3, -0.25) is 4.79 Å². The second-order valence-corrected chi connectivity index (χ2v) is 3.66. The van der Waals surface area contributed by atoms with E-state index in [2.05, 4.69) is 5.32 Å². The fourth-order valence-electron chi connectivity index (χ4n) is 1.99. The maximum Gasteiger partial charge on any atom is 0.320 e. The standard InChI is InChI=1S/C9H17NO3/c1-6(5-13-2)7-3-4-10-8(7)9(11)12/h6-8,10H,3-5H2,1-2H3,(H,11,12). The average molecular weight is 187 g/mol. The minimum absolute atomic E-state index is 0.206. The Morgan fingerprint density at radius 1 is 1.77 bits per heavy atom. The molecule has 1 saturated heterocycles. The van der Waals surface area contributed by atoms with Crippen molar-refractivity contribution in [3.05, 3.63) is 0 Å². The zero-order valence-electron chi connectivity index (χ0n) is 8.12. The molecule has 1 heterocycles. The first-order chi connectivity index (χ1) is 6.16. The molecule has 0 aliphatic carbocycles. The van der Waals surface area contributed by atoms with Crippen molar-refractivity contribution in [2.45, 2.75) is 19.4 Å². The second kappa shape index (κ2) is 4.58. The number of carboxylic acids is 1. The van der Waals surface area contributed by atoms with E-state index >= 15 is 0 Å². The van der Waals surface area contributed by atoms with Gasteiger partial charge in [0.1, 0.15) is 6.04 Å². The van der Waals surface area contributed by atoms with Crippen molar-refractivity contribution < 1.29 is 14.6 Å². The Labute approximate surface area is 78.3 Å². The van der Waals surface area contributed by atoms with Gasteiger partial charge in [-0.2, -0.15) is 0 Å². The van der Waals surface area contributed by atoms with Crippen molar-refractivity contribution >= 4 is 5.97 Å². The third kappa shape index (κ3) is 2.42. The first kappa shape index (κ1) is 10.5. The van der Waals surface area contributed by atoms with Crippen LogP contribution in [-0.4, -0.2) is 37.4 Å². The molecule has 1 aliphatic rings. The molecule has 1 rings (SSSR count). The Balaban J connectivity index is 2.52. The molecule has 3 atom stereocenters. The van der Waals surface area contributed by atoms with Crippen LogP contribution >= 0.6 is 0 Å². The number of aliphatic carboxylic acids is 1. The third-order valence-electron chi connectivity index (χ3n) is 2.70.